The first-order valence-corrected chi connectivity index (χ1v) is 6.35. The number of nitrogens with zero attached hydrogens (tertiary/aromatic N) is 1. The molecule has 1 amide bonds. The van der Waals surface area contributed by atoms with Crippen LogP contribution < -0.4 is 15.8 Å². The summed E-state index contributed by atoms with van der Waals surface area (Å²) in [6.45, 7) is 2.17. The molecule has 0 aliphatic carbocycles. The summed E-state index contributed by atoms with van der Waals surface area (Å²) in [5, 5.41) is 2.65. The van der Waals surface area contributed by atoms with E-state index in [-0.39, 0.29) is 18.0 Å². The van der Waals surface area contributed by atoms with Gasteiger partial charge in [-0.15, -0.1) is 0 Å². The van der Waals surface area contributed by atoms with Crippen LogP contribution in [-0.2, 0) is 0 Å². The van der Waals surface area contributed by atoms with Gasteiger partial charge in [0.1, 0.15) is 0 Å². The zero-order valence-electron chi connectivity index (χ0n) is 12.1. The number of rotatable bonds is 7. The lowest BCUT2D eigenvalue weighted by Crippen LogP contribution is -2.48. The molecule has 1 aromatic rings. The van der Waals surface area contributed by atoms with Crippen molar-refractivity contribution in [1.82, 2.24) is 10.3 Å². The van der Waals surface area contributed by atoms with Crippen molar-refractivity contribution in [3.8, 4) is 5.88 Å². The molecule has 0 atom stereocenters. The Labute approximate surface area is 124 Å². The van der Waals surface area contributed by atoms with Crippen LogP contribution in [0.25, 0.3) is 0 Å². The predicted octanol–water partition coefficient (Wildman–Crippen LogP) is 1.83. The fourth-order valence-corrected chi connectivity index (χ4v) is 1.26. The highest BCUT2D eigenvalue weighted by Crippen LogP contribution is 2.23. The predicted molar refractivity (Wildman–Crippen MR) is 71.3 cm³/mol. The second-order valence-corrected chi connectivity index (χ2v) is 5.28. The van der Waals surface area contributed by atoms with Gasteiger partial charge in [0, 0.05) is 24.3 Å². The minimum Gasteiger partial charge on any atom is -0.471 e. The third kappa shape index (κ3) is 5.14. The second-order valence-electron chi connectivity index (χ2n) is 5.28. The third-order valence-electron chi connectivity index (χ3n) is 2.69. The molecule has 0 saturated heterocycles. The van der Waals surface area contributed by atoms with E-state index in [0.717, 1.165) is 12.3 Å². The van der Waals surface area contributed by atoms with Gasteiger partial charge in [0.05, 0.1) is 5.56 Å². The van der Waals surface area contributed by atoms with Crippen molar-refractivity contribution in [2.75, 3.05) is 13.2 Å². The van der Waals surface area contributed by atoms with Crippen LogP contribution in [0.15, 0.2) is 18.3 Å². The van der Waals surface area contributed by atoms with E-state index < -0.39 is 30.4 Å². The van der Waals surface area contributed by atoms with Gasteiger partial charge in [0.15, 0.2) is 6.61 Å². The van der Waals surface area contributed by atoms with Gasteiger partial charge in [-0.2, -0.15) is 8.78 Å². The molecule has 0 spiro atoms. The number of hydrogen-bond donors (Lipinski definition) is 2. The van der Waals surface area contributed by atoms with E-state index >= 15 is 0 Å². The Morgan fingerprint density at radius 3 is 2.50 bits per heavy atom. The zero-order chi connectivity index (χ0) is 17.0. The highest BCUT2D eigenvalue weighted by Gasteiger charge is 2.41. The van der Waals surface area contributed by atoms with E-state index in [9.17, 15) is 22.4 Å². The van der Waals surface area contributed by atoms with Gasteiger partial charge < -0.3 is 15.8 Å². The molecule has 0 aromatic carbocycles. The highest BCUT2D eigenvalue weighted by atomic mass is 19.3. The zero-order valence-corrected chi connectivity index (χ0v) is 12.1. The third-order valence-corrected chi connectivity index (χ3v) is 2.69. The number of nitrogens with one attached hydrogen (secondary N) is 1. The fourth-order valence-electron chi connectivity index (χ4n) is 1.26. The summed E-state index contributed by atoms with van der Waals surface area (Å²) in [5.41, 5.74) is 5.02. The van der Waals surface area contributed by atoms with E-state index in [1.54, 1.807) is 13.8 Å². The Bertz CT molecular complexity index is 507. The molecule has 9 heteroatoms. The van der Waals surface area contributed by atoms with Crippen LogP contribution in [0, 0.1) is 0 Å². The standard InChI is InChI=1S/C13H17F4N3O2/c1-12(2,6-18)20-10(21)8-3-4-9(19-5-8)22-7-13(16,17)11(14)15/h3-5,11H,6-7,18H2,1-2H3,(H,20,21). The Kier molecular flexibility index (Phi) is 5.70. The molecule has 3 N–H and O–H groups in total. The molecule has 0 fully saturated rings. The van der Waals surface area contributed by atoms with Crippen LogP contribution in [0.1, 0.15) is 24.2 Å². The summed E-state index contributed by atoms with van der Waals surface area (Å²) in [6.07, 6.45) is -2.73. The Hall–Kier alpha value is -1.90. The van der Waals surface area contributed by atoms with E-state index in [2.05, 4.69) is 15.0 Å². The number of ether oxygens (including phenoxy) is 1. The Morgan fingerprint density at radius 2 is 2.05 bits per heavy atom. The highest BCUT2D eigenvalue weighted by molar-refractivity contribution is 5.94. The summed E-state index contributed by atoms with van der Waals surface area (Å²) >= 11 is 0. The number of halogens is 4. The molecule has 0 radical (unpaired) electrons. The monoisotopic (exact) mass is 323 g/mol. The largest absolute Gasteiger partial charge is 0.471 e. The summed E-state index contributed by atoms with van der Waals surface area (Å²) in [7, 11) is 0. The van der Waals surface area contributed by atoms with Gasteiger partial charge in [-0.1, -0.05) is 0 Å². The molecule has 1 rings (SSSR count). The number of alkyl halides is 4. The molecule has 1 aromatic heterocycles. The van der Waals surface area contributed by atoms with Crippen molar-refractivity contribution in [2.45, 2.75) is 31.7 Å². The first-order valence-electron chi connectivity index (χ1n) is 6.35. The SMILES string of the molecule is CC(C)(CN)NC(=O)c1ccc(OCC(F)(F)C(F)F)nc1. The van der Waals surface area contributed by atoms with Gasteiger partial charge in [-0.25, -0.2) is 13.8 Å². The van der Waals surface area contributed by atoms with Gasteiger partial charge >= 0.3 is 12.3 Å². The smallest absolute Gasteiger partial charge is 0.340 e. The van der Waals surface area contributed by atoms with E-state index in [1.807, 2.05) is 0 Å². The molecule has 0 bridgehead atoms. The van der Waals surface area contributed by atoms with Crippen LogP contribution in [-0.4, -0.2) is 41.9 Å². The molecule has 0 saturated carbocycles. The summed E-state index contributed by atoms with van der Waals surface area (Å²) in [4.78, 5) is 15.5. The number of hydrogen-bond acceptors (Lipinski definition) is 4. The molecule has 5 nitrogen and oxygen atoms in total. The molecule has 1 heterocycles. The molecular weight excluding hydrogens is 306 g/mol. The molecular formula is C13H17F4N3O2. The summed E-state index contributed by atoms with van der Waals surface area (Å²) < 4.78 is 53.8. The quantitative estimate of drug-likeness (QED) is 0.751. The van der Waals surface area contributed by atoms with Crippen LogP contribution in [0.3, 0.4) is 0 Å². The van der Waals surface area contributed by atoms with Crippen LogP contribution in [0.2, 0.25) is 0 Å². The summed E-state index contributed by atoms with van der Waals surface area (Å²) in [6, 6.07) is 2.43. The average molecular weight is 323 g/mol. The van der Waals surface area contributed by atoms with Crippen LogP contribution >= 0.6 is 0 Å². The minimum absolute atomic E-state index is 0.162. The van der Waals surface area contributed by atoms with Crippen LogP contribution in [0.4, 0.5) is 17.6 Å². The van der Waals surface area contributed by atoms with Gasteiger partial charge in [0.2, 0.25) is 5.88 Å². The van der Waals surface area contributed by atoms with E-state index in [0.29, 0.717) is 0 Å². The maximum atomic E-state index is 12.7. The first kappa shape index (κ1) is 18.1. The number of aromatic nitrogens is 1. The number of pyridine rings is 1. The lowest BCUT2D eigenvalue weighted by Gasteiger charge is -2.24. The van der Waals surface area contributed by atoms with Crippen LogP contribution in [0.5, 0.6) is 5.88 Å². The van der Waals surface area contributed by atoms with E-state index in [1.165, 1.54) is 6.07 Å². The molecule has 22 heavy (non-hydrogen) atoms. The van der Waals surface area contributed by atoms with E-state index in [4.69, 9.17) is 5.73 Å². The molecule has 124 valence electrons. The average Bonchev–Trinajstić information content (AvgIpc) is 2.45. The number of carbonyl (C=O) groups is 1. The van der Waals surface area contributed by atoms with Gasteiger partial charge in [-0.3, -0.25) is 4.79 Å². The van der Waals surface area contributed by atoms with Crippen molar-refractivity contribution >= 4 is 5.91 Å². The second kappa shape index (κ2) is 6.91. The van der Waals surface area contributed by atoms with Crippen molar-refractivity contribution in [3.63, 3.8) is 0 Å². The summed E-state index contributed by atoms with van der Waals surface area (Å²) in [5.74, 6) is -4.99. The van der Waals surface area contributed by atoms with Gasteiger partial charge in [0.25, 0.3) is 5.91 Å². The lowest BCUT2D eigenvalue weighted by atomic mass is 10.1. The maximum absolute atomic E-state index is 12.7. The number of amides is 1. The fraction of sp³-hybridized carbons (Fsp3) is 0.538. The minimum atomic E-state index is -4.26. The maximum Gasteiger partial charge on any atom is 0.340 e. The Balaban J connectivity index is 2.65. The van der Waals surface area contributed by atoms with Crippen molar-refractivity contribution in [3.05, 3.63) is 23.9 Å². The molecule has 0 aliphatic heterocycles. The normalized spacial score (nSPS) is 12.4. The Morgan fingerprint density at radius 1 is 1.41 bits per heavy atom. The van der Waals surface area contributed by atoms with Crippen molar-refractivity contribution in [2.24, 2.45) is 5.73 Å². The van der Waals surface area contributed by atoms with Gasteiger partial charge in [-0.05, 0) is 19.9 Å². The topological polar surface area (TPSA) is 77.2 Å². The van der Waals surface area contributed by atoms with Crippen molar-refractivity contribution in [1.29, 1.82) is 0 Å². The first-order chi connectivity index (χ1) is 10.1. The molecule has 0 unspecified atom stereocenters. The molecule has 0 aliphatic rings. The number of nitrogens with two attached hydrogens (primary N) is 1. The van der Waals surface area contributed by atoms with Crippen molar-refractivity contribution < 1.29 is 27.1 Å². The number of carbonyl (C=O) groups excluding carboxylic acids is 1. The lowest BCUT2D eigenvalue weighted by molar-refractivity contribution is -0.148.